The van der Waals surface area contributed by atoms with E-state index >= 15 is 0 Å². The lowest BCUT2D eigenvalue weighted by atomic mass is 9.81. The van der Waals surface area contributed by atoms with Crippen molar-refractivity contribution in [1.82, 2.24) is 9.55 Å². The molecule has 0 saturated heterocycles. The van der Waals surface area contributed by atoms with Gasteiger partial charge in [-0.2, -0.15) is 0 Å². The minimum Gasteiger partial charge on any atom is -0.376 e. The summed E-state index contributed by atoms with van der Waals surface area (Å²) in [6.45, 7) is 0.0139. The van der Waals surface area contributed by atoms with E-state index in [1.807, 2.05) is 12.1 Å². The Morgan fingerprint density at radius 1 is 0.955 bits per heavy atom. The third-order valence-corrected chi connectivity index (χ3v) is 3.36. The lowest BCUT2D eigenvalue weighted by molar-refractivity contribution is 0.210. The summed E-state index contributed by atoms with van der Waals surface area (Å²) in [5.74, 6) is 0.312. The molecule has 2 radical (unpaired) electrons. The van der Waals surface area contributed by atoms with Gasteiger partial charge in [-0.25, -0.2) is 4.98 Å². The first-order valence-corrected chi connectivity index (χ1v) is 7.21. The molecule has 0 saturated carbocycles. The summed E-state index contributed by atoms with van der Waals surface area (Å²) in [6, 6.07) is 20.8. The lowest BCUT2D eigenvalue weighted by Crippen LogP contribution is -1.99. The maximum absolute atomic E-state index is 8.35. The van der Waals surface area contributed by atoms with Gasteiger partial charge in [0, 0.05) is 18.3 Å². The van der Waals surface area contributed by atoms with E-state index in [9.17, 15) is 0 Å². The first-order chi connectivity index (χ1) is 10.8. The summed E-state index contributed by atoms with van der Waals surface area (Å²) in [4.78, 5) is 3.70. The van der Waals surface area contributed by atoms with E-state index in [2.05, 4.69) is 53.5 Å². The Hall–Kier alpha value is -2.33. The van der Waals surface area contributed by atoms with Crippen molar-refractivity contribution in [3.05, 3.63) is 90.5 Å². The van der Waals surface area contributed by atoms with Gasteiger partial charge in [0.2, 0.25) is 0 Å². The Morgan fingerprint density at radius 2 is 1.50 bits per heavy atom. The Kier molecular flexibility index (Phi) is 6.46. The van der Waals surface area contributed by atoms with Crippen LogP contribution in [0.1, 0.15) is 17.0 Å². The number of aliphatic hydroxyl groups is 1. The fourth-order valence-corrected chi connectivity index (χ4v) is 2.21. The molecule has 0 spiro atoms. The van der Waals surface area contributed by atoms with Crippen LogP contribution in [0.15, 0.2) is 79.4 Å². The van der Waals surface area contributed by atoms with Crippen molar-refractivity contribution >= 4 is 7.85 Å². The van der Waals surface area contributed by atoms with Crippen LogP contribution in [0.2, 0.25) is 6.32 Å². The minimum atomic E-state index is 0.0139. The summed E-state index contributed by atoms with van der Waals surface area (Å²) in [5, 5.41) is 8.35. The van der Waals surface area contributed by atoms with Crippen LogP contribution in [0.3, 0.4) is 0 Å². The van der Waals surface area contributed by atoms with Crippen LogP contribution < -0.4 is 0 Å². The van der Waals surface area contributed by atoms with E-state index in [1.54, 1.807) is 23.3 Å². The molecular weight excluding hydrogens is 271 g/mol. The summed E-state index contributed by atoms with van der Waals surface area (Å²) >= 11 is 0. The van der Waals surface area contributed by atoms with Crippen molar-refractivity contribution in [1.29, 1.82) is 0 Å². The van der Waals surface area contributed by atoms with Gasteiger partial charge < -0.3 is 9.67 Å². The second-order valence-corrected chi connectivity index (χ2v) is 4.83. The minimum absolute atomic E-state index is 0.0139. The number of hydrogen-bond acceptors (Lipinski definition) is 2. The highest BCUT2D eigenvalue weighted by Crippen LogP contribution is 2.26. The zero-order chi connectivity index (χ0) is 15.6. The number of imidazole rings is 1. The molecule has 0 fully saturated rings. The van der Waals surface area contributed by atoms with E-state index in [1.165, 1.54) is 11.1 Å². The van der Waals surface area contributed by atoms with Gasteiger partial charge in [0.15, 0.2) is 0 Å². The average molecular weight is 290 g/mol. The first kappa shape index (κ1) is 16.1. The number of aromatic nitrogens is 2. The van der Waals surface area contributed by atoms with Crippen molar-refractivity contribution in [2.45, 2.75) is 19.0 Å². The molecule has 1 aromatic heterocycles. The first-order valence-electron chi connectivity index (χ1n) is 7.21. The van der Waals surface area contributed by atoms with E-state index in [0.717, 1.165) is 0 Å². The summed E-state index contributed by atoms with van der Waals surface area (Å²) in [5.41, 5.74) is 2.57. The number of aliphatic hydroxyl groups excluding tert-OH is 1. The average Bonchev–Trinajstić information content (AvgIpc) is 3.12. The van der Waals surface area contributed by atoms with E-state index in [-0.39, 0.29) is 6.73 Å². The molecule has 3 nitrogen and oxygen atoms in total. The van der Waals surface area contributed by atoms with Gasteiger partial charge in [-0.1, -0.05) is 67.0 Å². The smallest absolute Gasteiger partial charge is 0.120 e. The molecule has 0 aliphatic rings. The number of benzene rings is 2. The topological polar surface area (TPSA) is 38.0 Å². The second-order valence-electron chi connectivity index (χ2n) is 4.83. The highest BCUT2D eigenvalue weighted by Gasteiger charge is 2.09. The van der Waals surface area contributed by atoms with E-state index in [0.29, 0.717) is 12.2 Å². The van der Waals surface area contributed by atoms with Crippen molar-refractivity contribution in [2.24, 2.45) is 0 Å². The SMILES string of the molecule is OCn1ccnc1.[B]CC(c1ccccc1)c1ccccc1. The highest BCUT2D eigenvalue weighted by molar-refractivity contribution is 6.09. The fraction of sp³-hybridized carbons (Fsp3) is 0.167. The Morgan fingerprint density at radius 3 is 1.82 bits per heavy atom. The largest absolute Gasteiger partial charge is 0.376 e. The molecule has 1 heterocycles. The maximum Gasteiger partial charge on any atom is 0.120 e. The molecule has 110 valence electrons. The van der Waals surface area contributed by atoms with Crippen LogP contribution in [-0.2, 0) is 6.73 Å². The predicted octanol–water partition coefficient (Wildman–Crippen LogP) is 3.24. The van der Waals surface area contributed by atoms with E-state index in [4.69, 9.17) is 13.0 Å². The van der Waals surface area contributed by atoms with Crippen LogP contribution in [0.25, 0.3) is 0 Å². The molecule has 2 aromatic carbocycles. The number of nitrogens with zero attached hydrogens (tertiary/aromatic N) is 2. The molecule has 0 aliphatic heterocycles. The molecule has 0 unspecified atom stereocenters. The fourth-order valence-electron chi connectivity index (χ4n) is 2.21. The van der Waals surface area contributed by atoms with Gasteiger partial charge in [0.05, 0.1) is 14.2 Å². The Balaban J connectivity index is 0.000000211. The Labute approximate surface area is 132 Å². The van der Waals surface area contributed by atoms with Crippen molar-refractivity contribution in [3.8, 4) is 0 Å². The van der Waals surface area contributed by atoms with Crippen LogP contribution in [0.5, 0.6) is 0 Å². The predicted molar refractivity (Wildman–Crippen MR) is 89.7 cm³/mol. The summed E-state index contributed by atoms with van der Waals surface area (Å²) in [6.07, 6.45) is 5.52. The monoisotopic (exact) mass is 290 g/mol. The molecule has 3 rings (SSSR count). The normalized spacial score (nSPS) is 10.1. The molecule has 4 heteroatoms. The van der Waals surface area contributed by atoms with Gasteiger partial charge in [-0.3, -0.25) is 0 Å². The molecule has 22 heavy (non-hydrogen) atoms. The van der Waals surface area contributed by atoms with Gasteiger partial charge in [0.1, 0.15) is 6.73 Å². The molecule has 0 atom stereocenters. The molecular formula is C18H19BN2O. The van der Waals surface area contributed by atoms with Gasteiger partial charge in [0.25, 0.3) is 0 Å². The van der Waals surface area contributed by atoms with Gasteiger partial charge in [-0.05, 0) is 11.1 Å². The molecule has 0 bridgehead atoms. The van der Waals surface area contributed by atoms with Crippen molar-refractivity contribution in [2.75, 3.05) is 0 Å². The summed E-state index contributed by atoms with van der Waals surface area (Å²) < 4.78 is 1.57. The van der Waals surface area contributed by atoms with Crippen LogP contribution in [0, 0.1) is 0 Å². The van der Waals surface area contributed by atoms with Crippen molar-refractivity contribution < 1.29 is 5.11 Å². The quantitative estimate of drug-likeness (QED) is 0.749. The summed E-state index contributed by atoms with van der Waals surface area (Å²) in [7, 11) is 5.84. The zero-order valence-electron chi connectivity index (χ0n) is 12.4. The number of hydrogen-bond donors (Lipinski definition) is 1. The highest BCUT2D eigenvalue weighted by atomic mass is 16.3. The maximum atomic E-state index is 8.35. The van der Waals surface area contributed by atoms with Crippen LogP contribution in [0.4, 0.5) is 0 Å². The zero-order valence-corrected chi connectivity index (χ0v) is 12.4. The van der Waals surface area contributed by atoms with E-state index < -0.39 is 0 Å². The Bertz CT molecular complexity index is 587. The molecule has 0 aliphatic carbocycles. The molecule has 1 N–H and O–H groups in total. The standard InChI is InChI=1S/C14H13B.C4H6N2O/c15-11-14(12-7-3-1-4-8-12)13-9-5-2-6-10-13;7-4-6-2-1-5-3-6/h1-10,14H,11H2;1-3,7H,4H2. The molecule has 3 aromatic rings. The molecule has 0 amide bonds. The van der Waals surface area contributed by atoms with Crippen LogP contribution in [-0.4, -0.2) is 22.5 Å². The third kappa shape index (κ3) is 4.60. The third-order valence-electron chi connectivity index (χ3n) is 3.36. The second kappa shape index (κ2) is 8.85. The number of rotatable bonds is 4. The van der Waals surface area contributed by atoms with Gasteiger partial charge >= 0.3 is 0 Å². The lowest BCUT2D eigenvalue weighted by Gasteiger charge is -2.15. The van der Waals surface area contributed by atoms with Crippen molar-refractivity contribution in [3.63, 3.8) is 0 Å². The van der Waals surface area contributed by atoms with Gasteiger partial charge in [-0.15, -0.1) is 0 Å². The van der Waals surface area contributed by atoms with Crippen LogP contribution >= 0.6 is 0 Å².